The minimum atomic E-state index is -1.39. The van der Waals surface area contributed by atoms with Crippen LogP contribution in [0.4, 0.5) is 0 Å². The van der Waals surface area contributed by atoms with Gasteiger partial charge in [-0.3, -0.25) is 0 Å². The average molecular weight is 394 g/mol. The Morgan fingerprint density at radius 1 is 0.690 bits per heavy atom. The largest absolute Gasteiger partial charge is 0.508 e. The number of carbonyl (C=O) groups is 3. The topological polar surface area (TPSA) is 130 Å². The number of carboxylic acids is 1. The molecule has 0 saturated heterocycles. The van der Waals surface area contributed by atoms with Crippen LogP contribution in [-0.4, -0.2) is 33.2 Å². The van der Waals surface area contributed by atoms with Gasteiger partial charge in [0, 0.05) is 0 Å². The zero-order valence-electron chi connectivity index (χ0n) is 14.7. The van der Waals surface area contributed by atoms with Crippen molar-refractivity contribution in [1.29, 1.82) is 0 Å². The van der Waals surface area contributed by atoms with Crippen molar-refractivity contribution in [2.45, 2.75) is 0 Å². The first-order chi connectivity index (χ1) is 13.8. The van der Waals surface area contributed by atoms with Crippen LogP contribution >= 0.6 is 0 Å². The number of para-hydroxylation sites is 1. The molecule has 0 atom stereocenters. The van der Waals surface area contributed by atoms with Gasteiger partial charge in [-0.25, -0.2) is 14.4 Å². The van der Waals surface area contributed by atoms with E-state index in [1.165, 1.54) is 66.7 Å². The number of carbonyl (C=O) groups excluding carboxylic acids is 2. The van der Waals surface area contributed by atoms with Crippen molar-refractivity contribution in [2.75, 3.05) is 0 Å². The number of carboxylic acid groups (broad SMARTS) is 1. The van der Waals surface area contributed by atoms with E-state index in [-0.39, 0.29) is 28.4 Å². The molecule has 0 heterocycles. The Bertz CT molecular complexity index is 1090. The van der Waals surface area contributed by atoms with Gasteiger partial charge < -0.3 is 24.8 Å². The van der Waals surface area contributed by atoms with Crippen LogP contribution in [0.25, 0.3) is 0 Å². The number of esters is 2. The van der Waals surface area contributed by atoms with Crippen molar-refractivity contribution in [3.8, 4) is 23.0 Å². The molecule has 0 aliphatic heterocycles. The Morgan fingerprint density at radius 3 is 2.00 bits per heavy atom. The van der Waals surface area contributed by atoms with Gasteiger partial charge in [-0.05, 0) is 54.6 Å². The number of aromatic carboxylic acids is 1. The molecule has 0 spiro atoms. The number of ether oxygens (including phenoxy) is 2. The van der Waals surface area contributed by atoms with Gasteiger partial charge in [0.25, 0.3) is 0 Å². The van der Waals surface area contributed by atoms with Gasteiger partial charge in [0.05, 0.1) is 11.1 Å². The predicted molar refractivity (Wildman–Crippen MR) is 99.5 cm³/mol. The Kier molecular flexibility index (Phi) is 5.45. The van der Waals surface area contributed by atoms with Crippen molar-refractivity contribution >= 4 is 17.9 Å². The molecule has 0 amide bonds. The summed E-state index contributed by atoms with van der Waals surface area (Å²) in [6.07, 6.45) is 0. The second-order valence-electron chi connectivity index (χ2n) is 5.81. The molecule has 0 aliphatic carbocycles. The number of hydrogen-bond donors (Lipinski definition) is 3. The number of phenolic OH excluding ortho intramolecular Hbond substituents is 2. The lowest BCUT2D eigenvalue weighted by Crippen LogP contribution is -2.15. The summed E-state index contributed by atoms with van der Waals surface area (Å²) in [6, 6.07) is 14.3. The fourth-order valence-corrected chi connectivity index (χ4v) is 2.41. The summed E-state index contributed by atoms with van der Waals surface area (Å²) in [5.74, 6) is -4.14. The quantitative estimate of drug-likeness (QED) is 0.444. The highest BCUT2D eigenvalue weighted by Gasteiger charge is 2.23. The predicted octanol–water partition coefficient (Wildman–Crippen LogP) is 3.23. The average Bonchev–Trinajstić information content (AvgIpc) is 2.69. The molecular formula is C21H14O8. The van der Waals surface area contributed by atoms with E-state index in [4.69, 9.17) is 9.47 Å². The summed E-state index contributed by atoms with van der Waals surface area (Å²) in [6.45, 7) is 0. The number of hydrogen-bond acceptors (Lipinski definition) is 7. The second kappa shape index (κ2) is 8.13. The minimum absolute atomic E-state index is 0.0153. The first-order valence-corrected chi connectivity index (χ1v) is 8.24. The molecule has 3 aromatic carbocycles. The maximum absolute atomic E-state index is 12.4. The second-order valence-corrected chi connectivity index (χ2v) is 5.81. The van der Waals surface area contributed by atoms with E-state index >= 15 is 0 Å². The standard InChI is InChI=1S/C21H14O8/c22-14-9-7-12(8-10-14)20(26)29-18-16(19(24)25)5-2-6-17(18)28-21(27)13-3-1-4-15(23)11-13/h1-11,22-23H,(H,24,25). The Labute approximate surface area is 164 Å². The van der Waals surface area contributed by atoms with E-state index < -0.39 is 29.2 Å². The molecule has 3 rings (SSSR count). The lowest BCUT2D eigenvalue weighted by atomic mass is 10.1. The lowest BCUT2D eigenvalue weighted by Gasteiger charge is -2.13. The zero-order chi connectivity index (χ0) is 21.0. The lowest BCUT2D eigenvalue weighted by molar-refractivity contribution is 0.0652. The van der Waals surface area contributed by atoms with Crippen LogP contribution in [0.3, 0.4) is 0 Å². The van der Waals surface area contributed by atoms with Gasteiger partial charge in [0.1, 0.15) is 17.1 Å². The van der Waals surface area contributed by atoms with Gasteiger partial charge in [-0.15, -0.1) is 0 Å². The SMILES string of the molecule is O=C(Oc1cccc(C(=O)O)c1OC(=O)c1ccc(O)cc1)c1cccc(O)c1. The molecule has 29 heavy (non-hydrogen) atoms. The van der Waals surface area contributed by atoms with Crippen LogP contribution in [0.5, 0.6) is 23.0 Å². The third-order valence-electron chi connectivity index (χ3n) is 3.79. The first-order valence-electron chi connectivity index (χ1n) is 8.24. The summed E-state index contributed by atoms with van der Waals surface area (Å²) in [7, 11) is 0. The molecule has 146 valence electrons. The van der Waals surface area contributed by atoms with Crippen LogP contribution in [0, 0.1) is 0 Å². The summed E-state index contributed by atoms with van der Waals surface area (Å²) in [5.41, 5.74) is -0.326. The Balaban J connectivity index is 1.94. The summed E-state index contributed by atoms with van der Waals surface area (Å²) in [5, 5.41) is 28.2. The van der Waals surface area contributed by atoms with E-state index in [1.807, 2.05) is 0 Å². The van der Waals surface area contributed by atoms with E-state index in [9.17, 15) is 29.7 Å². The van der Waals surface area contributed by atoms with E-state index in [0.717, 1.165) is 0 Å². The molecule has 0 radical (unpaired) electrons. The van der Waals surface area contributed by atoms with Gasteiger partial charge in [-0.2, -0.15) is 0 Å². The molecule has 0 aliphatic rings. The first kappa shape index (κ1) is 19.4. The fourth-order valence-electron chi connectivity index (χ4n) is 2.41. The number of phenols is 2. The molecule has 0 aromatic heterocycles. The number of benzene rings is 3. The third kappa shape index (κ3) is 4.51. The maximum atomic E-state index is 12.4. The van der Waals surface area contributed by atoms with Crippen LogP contribution in [0.2, 0.25) is 0 Å². The summed E-state index contributed by atoms with van der Waals surface area (Å²) >= 11 is 0. The molecule has 0 saturated carbocycles. The highest BCUT2D eigenvalue weighted by atomic mass is 16.6. The van der Waals surface area contributed by atoms with Crippen molar-refractivity contribution in [1.82, 2.24) is 0 Å². The van der Waals surface area contributed by atoms with E-state index in [0.29, 0.717) is 0 Å². The molecule has 8 nitrogen and oxygen atoms in total. The maximum Gasteiger partial charge on any atom is 0.343 e. The normalized spacial score (nSPS) is 10.2. The smallest absolute Gasteiger partial charge is 0.343 e. The number of aromatic hydroxyl groups is 2. The van der Waals surface area contributed by atoms with Gasteiger partial charge in [-0.1, -0.05) is 12.1 Å². The van der Waals surface area contributed by atoms with Crippen LogP contribution in [0.1, 0.15) is 31.1 Å². The Hall–Kier alpha value is -4.33. The van der Waals surface area contributed by atoms with Crippen molar-refractivity contribution in [3.05, 3.63) is 83.4 Å². The van der Waals surface area contributed by atoms with Crippen LogP contribution in [0.15, 0.2) is 66.7 Å². The minimum Gasteiger partial charge on any atom is -0.508 e. The van der Waals surface area contributed by atoms with Crippen LogP contribution in [-0.2, 0) is 0 Å². The zero-order valence-corrected chi connectivity index (χ0v) is 14.7. The van der Waals surface area contributed by atoms with Gasteiger partial charge in [0.15, 0.2) is 11.5 Å². The molecule has 0 unspecified atom stereocenters. The fraction of sp³-hybridized carbons (Fsp3) is 0. The van der Waals surface area contributed by atoms with Crippen molar-refractivity contribution < 1.29 is 39.2 Å². The molecular weight excluding hydrogens is 380 g/mol. The highest BCUT2D eigenvalue weighted by molar-refractivity contribution is 5.98. The molecule has 8 heteroatoms. The molecule has 0 bridgehead atoms. The van der Waals surface area contributed by atoms with E-state index in [2.05, 4.69) is 0 Å². The Morgan fingerprint density at radius 2 is 1.34 bits per heavy atom. The molecule has 0 fully saturated rings. The molecule has 3 aromatic rings. The summed E-state index contributed by atoms with van der Waals surface area (Å²) < 4.78 is 10.4. The van der Waals surface area contributed by atoms with Gasteiger partial charge >= 0.3 is 17.9 Å². The third-order valence-corrected chi connectivity index (χ3v) is 3.79. The number of rotatable bonds is 5. The molecule has 3 N–H and O–H groups in total. The van der Waals surface area contributed by atoms with Crippen LogP contribution < -0.4 is 9.47 Å². The van der Waals surface area contributed by atoms with Crippen molar-refractivity contribution in [3.63, 3.8) is 0 Å². The van der Waals surface area contributed by atoms with Gasteiger partial charge in [0.2, 0.25) is 0 Å². The summed E-state index contributed by atoms with van der Waals surface area (Å²) in [4.78, 5) is 36.3. The highest BCUT2D eigenvalue weighted by Crippen LogP contribution is 2.33. The van der Waals surface area contributed by atoms with Crippen molar-refractivity contribution in [2.24, 2.45) is 0 Å². The van der Waals surface area contributed by atoms with E-state index in [1.54, 1.807) is 0 Å². The monoisotopic (exact) mass is 394 g/mol.